The molecule has 3 aromatic rings. The number of hydrogen-bond acceptors (Lipinski definition) is 3. The first-order valence-corrected chi connectivity index (χ1v) is 9.81. The van der Waals surface area contributed by atoms with Gasteiger partial charge in [0.1, 0.15) is 12.4 Å². The van der Waals surface area contributed by atoms with Gasteiger partial charge < -0.3 is 4.74 Å². The summed E-state index contributed by atoms with van der Waals surface area (Å²) in [4.78, 5) is 11.9. The van der Waals surface area contributed by atoms with Crippen molar-refractivity contribution in [2.24, 2.45) is 5.10 Å². The molecule has 1 N–H and O–H groups in total. The predicted octanol–water partition coefficient (Wildman–Crippen LogP) is 5.11. The zero-order valence-corrected chi connectivity index (χ0v) is 16.9. The van der Waals surface area contributed by atoms with Gasteiger partial charge in [0.2, 0.25) is 5.91 Å². The lowest BCUT2D eigenvalue weighted by molar-refractivity contribution is -0.121. The van der Waals surface area contributed by atoms with Gasteiger partial charge in [0.05, 0.1) is 6.21 Å². The fourth-order valence-electron chi connectivity index (χ4n) is 2.53. The van der Waals surface area contributed by atoms with Gasteiger partial charge >= 0.3 is 0 Å². The summed E-state index contributed by atoms with van der Waals surface area (Å²) in [5.74, 6) is 0.682. The molecule has 0 bridgehead atoms. The van der Waals surface area contributed by atoms with E-state index in [2.05, 4.69) is 26.5 Å². The van der Waals surface area contributed by atoms with Crippen molar-refractivity contribution in [1.82, 2.24) is 5.43 Å². The Bertz CT molecular complexity index is 908. The smallest absolute Gasteiger partial charge is 0.240 e. The molecule has 0 unspecified atom stereocenters. The lowest BCUT2D eigenvalue weighted by Gasteiger charge is -2.06. The van der Waals surface area contributed by atoms with E-state index in [1.807, 2.05) is 78.9 Å². The van der Waals surface area contributed by atoms with E-state index in [4.69, 9.17) is 4.74 Å². The van der Waals surface area contributed by atoms with Crippen molar-refractivity contribution in [3.8, 4) is 5.75 Å². The topological polar surface area (TPSA) is 50.7 Å². The summed E-state index contributed by atoms with van der Waals surface area (Å²) in [6.07, 6.45) is 2.73. The highest BCUT2D eigenvalue weighted by Crippen LogP contribution is 2.15. The van der Waals surface area contributed by atoms with Crippen molar-refractivity contribution in [2.45, 2.75) is 19.4 Å². The van der Waals surface area contributed by atoms with Crippen LogP contribution in [0.4, 0.5) is 0 Å². The molecule has 0 aliphatic rings. The zero-order valence-electron chi connectivity index (χ0n) is 15.3. The second-order valence-corrected chi connectivity index (χ2v) is 7.18. The molecule has 0 aromatic heterocycles. The number of halogens is 1. The zero-order chi connectivity index (χ0) is 19.6. The highest BCUT2D eigenvalue weighted by molar-refractivity contribution is 9.10. The van der Waals surface area contributed by atoms with Crippen LogP contribution in [0, 0.1) is 0 Å². The summed E-state index contributed by atoms with van der Waals surface area (Å²) in [7, 11) is 0. The van der Waals surface area contributed by atoms with Gasteiger partial charge in [0.25, 0.3) is 0 Å². The Hall–Kier alpha value is -2.92. The largest absolute Gasteiger partial charge is 0.489 e. The number of carbonyl (C=O) groups is 1. The maximum atomic E-state index is 11.9. The minimum atomic E-state index is -0.102. The third-order valence-electron chi connectivity index (χ3n) is 4.09. The van der Waals surface area contributed by atoms with E-state index in [1.54, 1.807) is 6.21 Å². The highest BCUT2D eigenvalue weighted by Gasteiger charge is 2.01. The van der Waals surface area contributed by atoms with E-state index in [1.165, 1.54) is 0 Å². The monoisotopic (exact) mass is 436 g/mol. The molecular formula is C23H21BrN2O2. The van der Waals surface area contributed by atoms with Crippen LogP contribution in [0.2, 0.25) is 0 Å². The van der Waals surface area contributed by atoms with E-state index in [9.17, 15) is 4.79 Å². The standard InChI is InChI=1S/C23H21BrN2O2/c24-21-11-6-20(7-12-21)17-28-22-13-8-19(9-14-22)16-25-26-23(27)15-10-18-4-2-1-3-5-18/h1-9,11-14,16H,10,15,17H2,(H,26,27). The number of rotatable bonds is 8. The molecule has 0 atom stereocenters. The Labute approximate surface area is 173 Å². The summed E-state index contributed by atoms with van der Waals surface area (Å²) in [5, 5.41) is 4.02. The molecule has 3 aromatic carbocycles. The predicted molar refractivity (Wildman–Crippen MR) is 115 cm³/mol. The number of aryl methyl sites for hydroxylation is 1. The van der Waals surface area contributed by atoms with Gasteiger partial charge in [-0.2, -0.15) is 5.10 Å². The van der Waals surface area contributed by atoms with Crippen molar-refractivity contribution in [3.63, 3.8) is 0 Å². The number of benzene rings is 3. The number of carbonyl (C=O) groups excluding carboxylic acids is 1. The normalized spacial score (nSPS) is 10.8. The Morgan fingerprint density at radius 3 is 2.36 bits per heavy atom. The van der Waals surface area contributed by atoms with Crippen molar-refractivity contribution < 1.29 is 9.53 Å². The second kappa shape index (κ2) is 10.4. The maximum absolute atomic E-state index is 11.9. The van der Waals surface area contributed by atoms with Gasteiger partial charge in [-0.1, -0.05) is 58.4 Å². The average Bonchev–Trinajstić information content (AvgIpc) is 2.73. The summed E-state index contributed by atoms with van der Waals surface area (Å²) < 4.78 is 6.82. The fraction of sp³-hybridized carbons (Fsp3) is 0.130. The lowest BCUT2D eigenvalue weighted by Crippen LogP contribution is -2.17. The molecule has 0 heterocycles. The average molecular weight is 437 g/mol. The fourth-order valence-corrected chi connectivity index (χ4v) is 2.80. The van der Waals surface area contributed by atoms with Crippen molar-refractivity contribution in [2.75, 3.05) is 0 Å². The Kier molecular flexibility index (Phi) is 7.38. The third kappa shape index (κ3) is 6.67. The second-order valence-electron chi connectivity index (χ2n) is 6.26. The number of amides is 1. The Balaban J connectivity index is 1.41. The van der Waals surface area contributed by atoms with Gasteiger partial charge in [-0.05, 0) is 59.5 Å². The van der Waals surface area contributed by atoms with Crippen LogP contribution in [0.25, 0.3) is 0 Å². The number of ether oxygens (including phenoxy) is 1. The molecule has 0 fully saturated rings. The molecule has 5 heteroatoms. The molecule has 0 saturated carbocycles. The number of hydrogen-bond donors (Lipinski definition) is 1. The van der Waals surface area contributed by atoms with Crippen LogP contribution in [0.1, 0.15) is 23.1 Å². The summed E-state index contributed by atoms with van der Waals surface area (Å²) in [6, 6.07) is 25.5. The molecule has 0 spiro atoms. The number of nitrogens with zero attached hydrogens (tertiary/aromatic N) is 1. The van der Waals surface area contributed by atoms with Crippen LogP contribution < -0.4 is 10.2 Å². The van der Waals surface area contributed by atoms with Gasteiger partial charge in [0.15, 0.2) is 0 Å². The molecule has 0 saturated heterocycles. The molecule has 0 radical (unpaired) electrons. The first-order chi connectivity index (χ1) is 13.7. The SMILES string of the molecule is O=C(CCc1ccccc1)NN=Cc1ccc(OCc2ccc(Br)cc2)cc1. The summed E-state index contributed by atoms with van der Waals surface area (Å²) in [5.41, 5.74) is 5.69. The number of hydrazone groups is 1. The van der Waals surface area contributed by atoms with Crippen LogP contribution in [-0.2, 0) is 17.8 Å². The van der Waals surface area contributed by atoms with Gasteiger partial charge in [-0.25, -0.2) is 5.43 Å². The number of nitrogens with one attached hydrogen (secondary N) is 1. The summed E-state index contributed by atoms with van der Waals surface area (Å²) >= 11 is 3.42. The molecule has 0 aliphatic heterocycles. The quantitative estimate of drug-likeness (QED) is 0.393. The van der Waals surface area contributed by atoms with Gasteiger partial charge in [-0.15, -0.1) is 0 Å². The first-order valence-electron chi connectivity index (χ1n) is 9.02. The van der Waals surface area contributed by atoms with E-state index >= 15 is 0 Å². The van der Waals surface area contributed by atoms with E-state index in [0.29, 0.717) is 19.4 Å². The minimum Gasteiger partial charge on any atom is -0.489 e. The molecule has 28 heavy (non-hydrogen) atoms. The van der Waals surface area contributed by atoms with Crippen LogP contribution in [-0.4, -0.2) is 12.1 Å². The van der Waals surface area contributed by atoms with Crippen LogP contribution >= 0.6 is 15.9 Å². The van der Waals surface area contributed by atoms with E-state index < -0.39 is 0 Å². The maximum Gasteiger partial charge on any atom is 0.240 e. The first kappa shape index (κ1) is 19.8. The lowest BCUT2D eigenvalue weighted by atomic mass is 10.1. The van der Waals surface area contributed by atoms with Gasteiger partial charge in [0, 0.05) is 10.9 Å². The van der Waals surface area contributed by atoms with Crippen molar-refractivity contribution in [3.05, 3.63) is 100 Å². The van der Waals surface area contributed by atoms with E-state index in [-0.39, 0.29) is 5.91 Å². The van der Waals surface area contributed by atoms with Crippen LogP contribution in [0.3, 0.4) is 0 Å². The molecule has 142 valence electrons. The van der Waals surface area contributed by atoms with Crippen molar-refractivity contribution in [1.29, 1.82) is 0 Å². The van der Waals surface area contributed by atoms with Crippen molar-refractivity contribution >= 4 is 28.1 Å². The molecule has 3 rings (SSSR count). The molecule has 4 nitrogen and oxygen atoms in total. The molecule has 1 amide bonds. The summed E-state index contributed by atoms with van der Waals surface area (Å²) in [6.45, 7) is 0.512. The van der Waals surface area contributed by atoms with Crippen LogP contribution in [0.15, 0.2) is 88.4 Å². The Morgan fingerprint density at radius 1 is 0.929 bits per heavy atom. The van der Waals surface area contributed by atoms with Crippen LogP contribution in [0.5, 0.6) is 5.75 Å². The van der Waals surface area contributed by atoms with Gasteiger partial charge in [-0.3, -0.25) is 4.79 Å². The third-order valence-corrected chi connectivity index (χ3v) is 4.61. The minimum absolute atomic E-state index is 0.102. The molecular weight excluding hydrogens is 416 g/mol. The van der Waals surface area contributed by atoms with E-state index in [0.717, 1.165) is 26.9 Å². The highest BCUT2D eigenvalue weighted by atomic mass is 79.9. The molecule has 0 aliphatic carbocycles. The Morgan fingerprint density at radius 2 is 1.64 bits per heavy atom.